The molecule has 0 aliphatic carbocycles. The molecule has 0 aromatic heterocycles. The Kier molecular flexibility index (Phi) is 7.42. The van der Waals surface area contributed by atoms with E-state index in [9.17, 15) is 0 Å². The van der Waals surface area contributed by atoms with Crippen molar-refractivity contribution in [3.8, 4) is 22.9 Å². The molecule has 2 aliphatic rings. The molecule has 1 atom stereocenters. The van der Waals surface area contributed by atoms with Crippen LogP contribution >= 0.6 is 23.5 Å². The van der Waals surface area contributed by atoms with Crippen LogP contribution in [-0.2, 0) is 0 Å². The monoisotopic (exact) mass is 600 g/mol. The Morgan fingerprint density at radius 3 is 1.83 bits per heavy atom. The van der Waals surface area contributed by atoms with Crippen LogP contribution in [0.5, 0.6) is 0 Å². The summed E-state index contributed by atoms with van der Waals surface area (Å²) in [7, 11) is -2.99. The van der Waals surface area contributed by atoms with Crippen molar-refractivity contribution in [1.82, 2.24) is 0 Å². The van der Waals surface area contributed by atoms with Crippen LogP contribution in [0, 0.1) is 28.8 Å². The van der Waals surface area contributed by atoms with Gasteiger partial charge < -0.3 is 0 Å². The Morgan fingerprint density at radius 1 is 0.683 bits per heavy atom. The summed E-state index contributed by atoms with van der Waals surface area (Å²) in [4.78, 5) is 4.01. The first kappa shape index (κ1) is 28.3. The lowest BCUT2D eigenvalue weighted by Crippen LogP contribution is -2.16. The van der Waals surface area contributed by atoms with Gasteiger partial charge in [0.15, 0.2) is 0 Å². The molecule has 4 heteroatoms. The molecule has 2 aliphatic heterocycles. The Bertz CT molecular complexity index is 1780. The topological polar surface area (TPSA) is 0 Å². The Hall–Kier alpha value is -2.87. The molecule has 41 heavy (non-hydrogen) atoms. The standard InChI is InChI=1S/C37H36S2Si2/c1-25-24-38-34-17-14-28-10-8-9-11-29(28)37(34)35(25)36-30-22-26(18-20-40(2,3)4)12-15-32(30)39-33-16-13-27(23-31(33)36)19-21-41(5,6)7/h8-17,22-23,25H,24H2,1-7H3. The van der Waals surface area contributed by atoms with E-state index in [4.69, 9.17) is 0 Å². The lowest BCUT2D eigenvalue weighted by Gasteiger charge is -2.32. The molecule has 0 saturated carbocycles. The molecule has 0 fully saturated rings. The Morgan fingerprint density at radius 2 is 1.24 bits per heavy atom. The van der Waals surface area contributed by atoms with E-state index in [1.54, 1.807) is 0 Å². The molecule has 204 valence electrons. The average molecular weight is 601 g/mol. The fourth-order valence-electron chi connectivity index (χ4n) is 5.42. The van der Waals surface area contributed by atoms with E-state index in [-0.39, 0.29) is 0 Å². The van der Waals surface area contributed by atoms with E-state index >= 15 is 0 Å². The second-order valence-corrected chi connectivity index (χ2v) is 24.8. The first-order valence-corrected chi connectivity index (χ1v) is 23.2. The predicted octanol–water partition coefficient (Wildman–Crippen LogP) is 10.5. The normalized spacial score (nSPS) is 16.1. The molecule has 0 radical (unpaired) electrons. The van der Waals surface area contributed by atoms with Crippen LogP contribution in [0.1, 0.15) is 34.7 Å². The van der Waals surface area contributed by atoms with Gasteiger partial charge in [0, 0.05) is 31.6 Å². The van der Waals surface area contributed by atoms with E-state index in [1.807, 2.05) is 23.5 Å². The largest absolute Gasteiger partial charge is 0.129 e. The number of benzene rings is 4. The lowest BCUT2D eigenvalue weighted by molar-refractivity contribution is 0.858. The van der Waals surface area contributed by atoms with Crippen LogP contribution in [-0.4, -0.2) is 21.9 Å². The van der Waals surface area contributed by atoms with Gasteiger partial charge in [-0.05, 0) is 87.0 Å². The number of allylic oxidation sites excluding steroid dienone is 1. The molecule has 0 spiro atoms. The first-order valence-electron chi connectivity index (χ1n) is 14.4. The van der Waals surface area contributed by atoms with Crippen molar-refractivity contribution in [2.75, 3.05) is 5.75 Å². The van der Waals surface area contributed by atoms with Crippen LogP contribution in [0.3, 0.4) is 0 Å². The smallest absolute Gasteiger partial charge is 0.127 e. The molecular weight excluding hydrogens is 565 g/mol. The molecule has 0 N–H and O–H groups in total. The summed E-state index contributed by atoms with van der Waals surface area (Å²) in [5.41, 5.74) is 16.3. The second kappa shape index (κ2) is 10.8. The quantitative estimate of drug-likeness (QED) is 0.128. The van der Waals surface area contributed by atoms with Gasteiger partial charge in [0.1, 0.15) is 16.1 Å². The second-order valence-electron chi connectivity index (χ2n) is 13.2. The fraction of sp³-hybridized carbons (Fsp3) is 0.243. The van der Waals surface area contributed by atoms with Gasteiger partial charge in [-0.15, -0.1) is 22.8 Å². The Balaban J connectivity index is 1.69. The molecule has 0 amide bonds. The first-order chi connectivity index (χ1) is 19.5. The zero-order valence-corrected chi connectivity index (χ0v) is 28.7. The van der Waals surface area contributed by atoms with Crippen molar-refractivity contribution in [3.63, 3.8) is 0 Å². The average Bonchev–Trinajstić information content (AvgIpc) is 2.93. The highest BCUT2D eigenvalue weighted by molar-refractivity contribution is 7.99. The summed E-state index contributed by atoms with van der Waals surface area (Å²) in [6.45, 7) is 16.3. The van der Waals surface area contributed by atoms with Gasteiger partial charge in [0.25, 0.3) is 0 Å². The summed E-state index contributed by atoms with van der Waals surface area (Å²) < 4.78 is 0. The van der Waals surface area contributed by atoms with Gasteiger partial charge in [0.05, 0.1) is 0 Å². The molecule has 0 bridgehead atoms. The minimum atomic E-state index is -1.50. The number of fused-ring (bicyclic) bond motifs is 5. The highest BCUT2D eigenvalue weighted by Gasteiger charge is 2.31. The van der Waals surface area contributed by atoms with Crippen LogP contribution in [0.25, 0.3) is 21.9 Å². The molecular formula is C37H36S2Si2. The van der Waals surface area contributed by atoms with Crippen molar-refractivity contribution < 1.29 is 0 Å². The fourth-order valence-corrected chi connectivity index (χ4v) is 8.64. The van der Waals surface area contributed by atoms with Crippen LogP contribution in [0.15, 0.2) is 87.5 Å². The van der Waals surface area contributed by atoms with Crippen molar-refractivity contribution in [2.24, 2.45) is 5.92 Å². The van der Waals surface area contributed by atoms with E-state index in [2.05, 4.69) is 142 Å². The molecule has 6 rings (SSSR count). The van der Waals surface area contributed by atoms with Gasteiger partial charge >= 0.3 is 0 Å². The zero-order valence-electron chi connectivity index (χ0n) is 25.0. The van der Waals surface area contributed by atoms with E-state index in [0.717, 1.165) is 16.9 Å². The van der Waals surface area contributed by atoms with Gasteiger partial charge in [-0.3, -0.25) is 0 Å². The van der Waals surface area contributed by atoms with Crippen molar-refractivity contribution in [3.05, 3.63) is 101 Å². The predicted molar refractivity (Wildman–Crippen MR) is 187 cm³/mol. The van der Waals surface area contributed by atoms with Crippen LogP contribution < -0.4 is 0 Å². The SMILES string of the molecule is CC1CSc2ccc3ccccc3c2C1=C1c2cc(C#C[Si](C)(C)C)ccc2Sc2ccc(C#C[Si](C)(C)C)cc21. The van der Waals surface area contributed by atoms with Crippen LogP contribution in [0.2, 0.25) is 39.3 Å². The van der Waals surface area contributed by atoms with Gasteiger partial charge in [-0.1, -0.05) is 100 Å². The van der Waals surface area contributed by atoms with Gasteiger partial charge in [-0.2, -0.15) is 0 Å². The highest BCUT2D eigenvalue weighted by Crippen LogP contribution is 2.53. The van der Waals surface area contributed by atoms with Gasteiger partial charge in [0.2, 0.25) is 0 Å². The summed E-state index contributed by atoms with van der Waals surface area (Å²) in [5.74, 6) is 8.58. The molecule has 0 nitrogen and oxygen atoms in total. The molecule has 4 aromatic carbocycles. The molecule has 0 saturated heterocycles. The van der Waals surface area contributed by atoms with E-state index in [0.29, 0.717) is 5.92 Å². The summed E-state index contributed by atoms with van der Waals surface area (Å²) >= 11 is 3.88. The maximum absolute atomic E-state index is 3.60. The summed E-state index contributed by atoms with van der Waals surface area (Å²) in [5, 5.41) is 2.64. The maximum Gasteiger partial charge on any atom is 0.129 e. The third kappa shape index (κ3) is 5.90. The van der Waals surface area contributed by atoms with Crippen molar-refractivity contribution in [2.45, 2.75) is 60.9 Å². The third-order valence-corrected chi connectivity index (χ3v) is 11.5. The maximum atomic E-state index is 3.60. The zero-order chi connectivity index (χ0) is 28.9. The number of hydrogen-bond acceptors (Lipinski definition) is 2. The van der Waals surface area contributed by atoms with Crippen LogP contribution in [0.4, 0.5) is 0 Å². The van der Waals surface area contributed by atoms with Crippen molar-refractivity contribution >= 4 is 61.6 Å². The molecule has 1 unspecified atom stereocenters. The van der Waals surface area contributed by atoms with E-state index in [1.165, 1.54) is 53.3 Å². The van der Waals surface area contributed by atoms with E-state index < -0.39 is 16.1 Å². The minimum Gasteiger partial charge on any atom is -0.127 e. The number of thioether (sulfide) groups is 1. The van der Waals surface area contributed by atoms with Gasteiger partial charge in [-0.25, -0.2) is 0 Å². The lowest BCUT2D eigenvalue weighted by atomic mass is 9.81. The number of hydrogen-bond donors (Lipinski definition) is 0. The van der Waals surface area contributed by atoms with Crippen molar-refractivity contribution in [1.29, 1.82) is 0 Å². The Labute approximate surface area is 256 Å². The number of rotatable bonds is 0. The molecule has 4 aromatic rings. The minimum absolute atomic E-state index is 0.408. The molecule has 2 heterocycles. The highest BCUT2D eigenvalue weighted by atomic mass is 32.2. The summed E-state index contributed by atoms with van der Waals surface area (Å²) in [6, 6.07) is 27.2. The third-order valence-electron chi connectivity index (χ3n) is 7.29. The summed E-state index contributed by atoms with van der Waals surface area (Å²) in [6.07, 6.45) is 0.